The molecule has 1 N–H and O–H groups in total. The lowest BCUT2D eigenvalue weighted by Crippen LogP contribution is -2.54. The fourth-order valence-corrected chi connectivity index (χ4v) is 2.03. The number of oxazole rings is 1. The molecule has 3 heterocycles. The summed E-state index contributed by atoms with van der Waals surface area (Å²) in [4.78, 5) is 19.6. The summed E-state index contributed by atoms with van der Waals surface area (Å²) in [5.74, 6) is -0.139. The summed E-state index contributed by atoms with van der Waals surface area (Å²) < 4.78 is 10.3. The summed E-state index contributed by atoms with van der Waals surface area (Å²) in [6, 6.07) is 0.396. The Kier molecular flexibility index (Phi) is 2.71. The Balaban J connectivity index is 1.61. The van der Waals surface area contributed by atoms with Gasteiger partial charge in [-0.15, -0.1) is 0 Å². The van der Waals surface area contributed by atoms with Gasteiger partial charge in [-0.3, -0.25) is 4.79 Å². The van der Waals surface area contributed by atoms with E-state index in [2.05, 4.69) is 4.98 Å². The van der Waals surface area contributed by atoms with Crippen LogP contribution in [0.5, 0.6) is 0 Å². The SMILES string of the molecule is COC1CN(C(=O)c2coc(N3CC(O)C3)n2)C1. The molecule has 0 saturated carbocycles. The number of likely N-dealkylation sites (tertiary alicyclic amines) is 1. The Hall–Kier alpha value is -1.60. The average molecular weight is 253 g/mol. The molecule has 0 spiro atoms. The maximum absolute atomic E-state index is 12.0. The average Bonchev–Trinajstić information content (AvgIpc) is 2.72. The zero-order chi connectivity index (χ0) is 12.7. The van der Waals surface area contributed by atoms with Crippen LogP contribution in [0.2, 0.25) is 0 Å². The maximum atomic E-state index is 12.0. The number of anilines is 1. The molecular weight excluding hydrogens is 238 g/mol. The first-order valence-corrected chi connectivity index (χ1v) is 5.88. The molecule has 98 valence electrons. The van der Waals surface area contributed by atoms with Gasteiger partial charge in [0.1, 0.15) is 6.26 Å². The standard InChI is InChI=1S/C11H15N3O4/c1-17-8-4-13(5-8)10(16)9-6-18-11(12-9)14-2-7(15)3-14/h6-8,15H,2-5H2,1H3. The van der Waals surface area contributed by atoms with Crippen LogP contribution < -0.4 is 4.90 Å². The predicted octanol–water partition coefficient (Wildman–Crippen LogP) is -0.674. The molecule has 0 aliphatic carbocycles. The van der Waals surface area contributed by atoms with Crippen LogP contribution in [-0.4, -0.2) is 66.4 Å². The molecule has 0 aromatic carbocycles. The van der Waals surface area contributed by atoms with E-state index in [4.69, 9.17) is 9.15 Å². The predicted molar refractivity (Wildman–Crippen MR) is 61.4 cm³/mol. The van der Waals surface area contributed by atoms with Gasteiger partial charge in [0.25, 0.3) is 11.9 Å². The highest BCUT2D eigenvalue weighted by molar-refractivity contribution is 5.92. The molecule has 2 aliphatic heterocycles. The van der Waals surface area contributed by atoms with Crippen molar-refractivity contribution in [1.29, 1.82) is 0 Å². The van der Waals surface area contributed by atoms with Crippen LogP contribution >= 0.6 is 0 Å². The number of carbonyl (C=O) groups excluding carboxylic acids is 1. The van der Waals surface area contributed by atoms with Crippen molar-refractivity contribution in [1.82, 2.24) is 9.88 Å². The third kappa shape index (κ3) is 1.85. The van der Waals surface area contributed by atoms with Gasteiger partial charge in [0.05, 0.1) is 25.3 Å². The van der Waals surface area contributed by atoms with Gasteiger partial charge in [0.15, 0.2) is 5.69 Å². The van der Waals surface area contributed by atoms with Crippen LogP contribution in [-0.2, 0) is 4.74 Å². The largest absolute Gasteiger partial charge is 0.431 e. The number of β-amino-alcohol motifs (C(OH)–C–C–N with tert-alkyl or cyclic N) is 1. The number of amides is 1. The summed E-state index contributed by atoms with van der Waals surface area (Å²) in [7, 11) is 1.63. The van der Waals surface area contributed by atoms with Crippen LogP contribution in [0.1, 0.15) is 10.5 Å². The highest BCUT2D eigenvalue weighted by Gasteiger charge is 2.34. The molecule has 7 heteroatoms. The highest BCUT2D eigenvalue weighted by Crippen LogP contribution is 2.22. The molecule has 0 bridgehead atoms. The van der Waals surface area contributed by atoms with Crippen molar-refractivity contribution >= 4 is 11.9 Å². The summed E-state index contributed by atoms with van der Waals surface area (Å²) in [6.45, 7) is 2.20. The van der Waals surface area contributed by atoms with Gasteiger partial charge in [-0.25, -0.2) is 0 Å². The number of rotatable bonds is 3. The second-order valence-electron chi connectivity index (χ2n) is 4.64. The van der Waals surface area contributed by atoms with Crippen molar-refractivity contribution < 1.29 is 19.1 Å². The molecule has 2 fully saturated rings. The van der Waals surface area contributed by atoms with Crippen LogP contribution in [0.4, 0.5) is 6.01 Å². The van der Waals surface area contributed by atoms with Crippen molar-refractivity contribution in [3.05, 3.63) is 12.0 Å². The van der Waals surface area contributed by atoms with E-state index in [1.165, 1.54) is 6.26 Å². The summed E-state index contributed by atoms with van der Waals surface area (Å²) in [6.07, 6.45) is 1.17. The van der Waals surface area contributed by atoms with Crippen molar-refractivity contribution in [2.75, 3.05) is 38.2 Å². The molecule has 1 aromatic heterocycles. The summed E-state index contributed by atoms with van der Waals surface area (Å²) in [5, 5.41) is 9.19. The lowest BCUT2D eigenvalue weighted by Gasteiger charge is -2.37. The van der Waals surface area contributed by atoms with Crippen molar-refractivity contribution in [3.63, 3.8) is 0 Å². The van der Waals surface area contributed by atoms with Gasteiger partial charge in [0.2, 0.25) is 0 Å². The number of aliphatic hydroxyl groups excluding tert-OH is 1. The molecule has 0 unspecified atom stereocenters. The molecule has 2 saturated heterocycles. The van der Waals surface area contributed by atoms with Gasteiger partial charge >= 0.3 is 0 Å². The van der Waals surface area contributed by atoms with Gasteiger partial charge in [-0.2, -0.15) is 4.98 Å². The minimum absolute atomic E-state index is 0.130. The zero-order valence-electron chi connectivity index (χ0n) is 10.1. The van der Waals surface area contributed by atoms with E-state index in [-0.39, 0.29) is 18.1 Å². The maximum Gasteiger partial charge on any atom is 0.298 e. The summed E-state index contributed by atoms with van der Waals surface area (Å²) in [5.41, 5.74) is 0.306. The number of nitrogens with zero attached hydrogens (tertiary/aromatic N) is 3. The number of ether oxygens (including phenoxy) is 1. The van der Waals surface area contributed by atoms with E-state index in [1.54, 1.807) is 16.9 Å². The smallest absolute Gasteiger partial charge is 0.298 e. The van der Waals surface area contributed by atoms with Crippen molar-refractivity contribution in [2.24, 2.45) is 0 Å². The fourth-order valence-electron chi connectivity index (χ4n) is 2.03. The second kappa shape index (κ2) is 4.25. The van der Waals surface area contributed by atoms with Crippen molar-refractivity contribution in [2.45, 2.75) is 12.2 Å². The van der Waals surface area contributed by atoms with E-state index < -0.39 is 0 Å². The monoisotopic (exact) mass is 253 g/mol. The zero-order valence-corrected chi connectivity index (χ0v) is 10.1. The number of aliphatic hydroxyl groups is 1. The Labute approximate surface area is 104 Å². The first-order chi connectivity index (χ1) is 8.67. The third-order valence-electron chi connectivity index (χ3n) is 3.31. The molecule has 0 atom stereocenters. The Morgan fingerprint density at radius 2 is 2.22 bits per heavy atom. The van der Waals surface area contributed by atoms with Crippen LogP contribution in [0.15, 0.2) is 10.7 Å². The Morgan fingerprint density at radius 1 is 1.50 bits per heavy atom. The highest BCUT2D eigenvalue weighted by atomic mass is 16.5. The third-order valence-corrected chi connectivity index (χ3v) is 3.31. The molecule has 7 nitrogen and oxygen atoms in total. The molecular formula is C11H15N3O4. The number of carbonyl (C=O) groups is 1. The first-order valence-electron chi connectivity index (χ1n) is 5.88. The molecule has 0 radical (unpaired) electrons. The number of aromatic nitrogens is 1. The van der Waals surface area contributed by atoms with Crippen LogP contribution in [0.25, 0.3) is 0 Å². The minimum atomic E-state index is -0.325. The molecule has 1 aromatic rings. The van der Waals surface area contributed by atoms with E-state index in [0.717, 1.165) is 0 Å². The summed E-state index contributed by atoms with van der Waals surface area (Å²) >= 11 is 0. The van der Waals surface area contributed by atoms with Gasteiger partial charge < -0.3 is 24.1 Å². The molecule has 18 heavy (non-hydrogen) atoms. The molecule has 2 aliphatic rings. The van der Waals surface area contributed by atoms with E-state index in [0.29, 0.717) is 37.9 Å². The number of hydrogen-bond acceptors (Lipinski definition) is 6. The Morgan fingerprint density at radius 3 is 2.83 bits per heavy atom. The van der Waals surface area contributed by atoms with Gasteiger partial charge in [-0.05, 0) is 0 Å². The molecule has 1 amide bonds. The molecule has 3 rings (SSSR count). The van der Waals surface area contributed by atoms with Crippen LogP contribution in [0.3, 0.4) is 0 Å². The first kappa shape index (κ1) is 11.5. The van der Waals surface area contributed by atoms with E-state index in [9.17, 15) is 9.90 Å². The second-order valence-corrected chi connectivity index (χ2v) is 4.64. The fraction of sp³-hybridized carbons (Fsp3) is 0.636. The Bertz CT molecular complexity index is 449. The van der Waals surface area contributed by atoms with E-state index >= 15 is 0 Å². The van der Waals surface area contributed by atoms with Crippen LogP contribution in [0, 0.1) is 0 Å². The topological polar surface area (TPSA) is 79.0 Å². The number of methoxy groups -OCH3 is 1. The van der Waals surface area contributed by atoms with Gasteiger partial charge in [-0.1, -0.05) is 0 Å². The number of hydrogen-bond donors (Lipinski definition) is 1. The van der Waals surface area contributed by atoms with Gasteiger partial charge in [0, 0.05) is 20.2 Å². The minimum Gasteiger partial charge on any atom is -0.431 e. The normalized spacial score (nSPS) is 20.8. The quantitative estimate of drug-likeness (QED) is 0.769. The van der Waals surface area contributed by atoms with E-state index in [1.807, 2.05) is 0 Å². The lowest BCUT2D eigenvalue weighted by molar-refractivity contribution is -0.0194. The lowest BCUT2D eigenvalue weighted by atomic mass is 10.1. The van der Waals surface area contributed by atoms with Crippen molar-refractivity contribution in [3.8, 4) is 0 Å².